The number of carbonyl (C=O) groups excluding carboxylic acids is 1. The summed E-state index contributed by atoms with van der Waals surface area (Å²) in [6, 6.07) is 8.36. The minimum absolute atomic E-state index is 0.0424. The molecule has 0 unspecified atom stereocenters. The number of piperidine rings is 1. The zero-order valence-electron chi connectivity index (χ0n) is 16.0. The first-order valence-corrected chi connectivity index (χ1v) is 9.49. The Morgan fingerprint density at radius 1 is 1.08 bits per heavy atom. The Kier molecular flexibility index (Phi) is 6.85. The first kappa shape index (κ1) is 19.0. The smallest absolute Gasteiger partial charge is 0.251 e. The Labute approximate surface area is 147 Å². The fourth-order valence-electron chi connectivity index (χ4n) is 3.58. The molecular weight excluding hydrogens is 296 g/mol. The molecule has 3 heteroatoms. The number of benzene rings is 1. The largest absolute Gasteiger partial charge is 0.349 e. The van der Waals surface area contributed by atoms with E-state index in [2.05, 4.69) is 57.0 Å². The molecule has 0 bridgehead atoms. The lowest BCUT2D eigenvalue weighted by Gasteiger charge is -2.30. The van der Waals surface area contributed by atoms with E-state index in [1.807, 2.05) is 12.1 Å². The minimum Gasteiger partial charge on any atom is -0.349 e. The molecule has 1 N–H and O–H groups in total. The molecule has 1 aliphatic heterocycles. The second kappa shape index (κ2) is 8.66. The number of nitrogens with one attached hydrogen (secondary N) is 1. The van der Waals surface area contributed by atoms with Crippen LogP contribution in [0, 0.1) is 17.8 Å². The van der Waals surface area contributed by atoms with Gasteiger partial charge in [0.15, 0.2) is 0 Å². The second-order valence-electron chi connectivity index (χ2n) is 8.14. The van der Waals surface area contributed by atoms with Crippen molar-refractivity contribution in [3.63, 3.8) is 0 Å². The maximum Gasteiger partial charge on any atom is 0.251 e. The number of likely N-dealkylation sites (tertiary alicyclic amines) is 1. The number of rotatable bonds is 6. The van der Waals surface area contributed by atoms with Crippen LogP contribution in [-0.4, -0.2) is 29.9 Å². The average molecular weight is 331 g/mol. The highest BCUT2D eigenvalue weighted by molar-refractivity contribution is 5.94. The third-order valence-corrected chi connectivity index (χ3v) is 5.23. The highest BCUT2D eigenvalue weighted by Gasteiger charge is 2.20. The van der Waals surface area contributed by atoms with Gasteiger partial charge in [0.05, 0.1) is 0 Å². The van der Waals surface area contributed by atoms with E-state index in [9.17, 15) is 4.79 Å². The van der Waals surface area contributed by atoms with Crippen LogP contribution in [0.3, 0.4) is 0 Å². The molecule has 134 valence electrons. The van der Waals surface area contributed by atoms with Gasteiger partial charge in [0, 0.05) is 18.2 Å². The monoisotopic (exact) mass is 330 g/mol. The lowest BCUT2D eigenvalue weighted by atomic mass is 9.93. The van der Waals surface area contributed by atoms with Crippen LogP contribution in [0.4, 0.5) is 0 Å². The van der Waals surface area contributed by atoms with E-state index >= 15 is 0 Å². The summed E-state index contributed by atoms with van der Waals surface area (Å²) in [5.74, 6) is 1.78. The topological polar surface area (TPSA) is 32.3 Å². The molecule has 1 aliphatic rings. The molecule has 1 fully saturated rings. The fraction of sp³-hybridized carbons (Fsp3) is 0.667. The quantitative estimate of drug-likeness (QED) is 0.842. The van der Waals surface area contributed by atoms with Gasteiger partial charge in [-0.1, -0.05) is 46.8 Å². The van der Waals surface area contributed by atoms with Crippen LogP contribution in [0.15, 0.2) is 24.3 Å². The van der Waals surface area contributed by atoms with Gasteiger partial charge in [0.1, 0.15) is 0 Å². The number of hydrogen-bond acceptors (Lipinski definition) is 2. The normalized spacial score (nSPS) is 17.0. The van der Waals surface area contributed by atoms with Gasteiger partial charge in [-0.2, -0.15) is 0 Å². The van der Waals surface area contributed by atoms with Gasteiger partial charge in [0.25, 0.3) is 5.91 Å². The third kappa shape index (κ3) is 5.34. The van der Waals surface area contributed by atoms with Crippen LogP contribution >= 0.6 is 0 Å². The Morgan fingerprint density at radius 2 is 1.62 bits per heavy atom. The summed E-state index contributed by atoms with van der Waals surface area (Å²) in [5.41, 5.74) is 2.06. The van der Waals surface area contributed by atoms with E-state index in [1.54, 1.807) is 0 Å². The maximum atomic E-state index is 12.5. The predicted molar refractivity (Wildman–Crippen MR) is 101 cm³/mol. The van der Waals surface area contributed by atoms with E-state index < -0.39 is 0 Å². The number of hydrogen-bond donors (Lipinski definition) is 1. The molecule has 1 heterocycles. The Morgan fingerprint density at radius 3 is 2.12 bits per heavy atom. The van der Waals surface area contributed by atoms with Gasteiger partial charge in [-0.05, 0) is 61.4 Å². The first-order chi connectivity index (χ1) is 11.4. The zero-order valence-corrected chi connectivity index (χ0v) is 16.0. The van der Waals surface area contributed by atoms with Crippen molar-refractivity contribution in [3.8, 4) is 0 Å². The van der Waals surface area contributed by atoms with Crippen molar-refractivity contribution < 1.29 is 4.79 Å². The molecule has 1 amide bonds. The van der Waals surface area contributed by atoms with Crippen molar-refractivity contribution in [3.05, 3.63) is 35.4 Å². The van der Waals surface area contributed by atoms with Gasteiger partial charge >= 0.3 is 0 Å². The number of nitrogens with zero attached hydrogens (tertiary/aromatic N) is 1. The highest BCUT2D eigenvalue weighted by atomic mass is 16.1. The van der Waals surface area contributed by atoms with Crippen LogP contribution < -0.4 is 5.32 Å². The van der Waals surface area contributed by atoms with Crippen molar-refractivity contribution in [1.29, 1.82) is 0 Å². The molecular formula is C21H34N2O. The van der Waals surface area contributed by atoms with E-state index in [1.165, 1.54) is 31.5 Å². The second-order valence-corrected chi connectivity index (χ2v) is 8.14. The summed E-state index contributed by atoms with van der Waals surface area (Å²) in [7, 11) is 0. The number of carbonyl (C=O) groups is 1. The van der Waals surface area contributed by atoms with Gasteiger partial charge in [-0.25, -0.2) is 0 Å². The van der Waals surface area contributed by atoms with Crippen molar-refractivity contribution in [2.24, 2.45) is 17.8 Å². The Bertz CT molecular complexity index is 505. The molecule has 2 rings (SSSR count). The van der Waals surface area contributed by atoms with Gasteiger partial charge in [-0.15, -0.1) is 0 Å². The average Bonchev–Trinajstić information content (AvgIpc) is 2.54. The maximum absolute atomic E-state index is 12.5. The van der Waals surface area contributed by atoms with Crippen LogP contribution in [0.25, 0.3) is 0 Å². The molecule has 0 spiro atoms. The molecule has 0 aromatic heterocycles. The summed E-state index contributed by atoms with van der Waals surface area (Å²) in [4.78, 5) is 15.0. The van der Waals surface area contributed by atoms with Gasteiger partial charge in [0.2, 0.25) is 0 Å². The summed E-state index contributed by atoms with van der Waals surface area (Å²) < 4.78 is 0. The van der Waals surface area contributed by atoms with E-state index in [0.717, 1.165) is 18.0 Å². The first-order valence-electron chi connectivity index (χ1n) is 9.49. The molecule has 1 saturated heterocycles. The molecule has 0 saturated carbocycles. The standard InChI is InChI=1S/C21H34N2O/c1-15(2)20(16(3)4)22-21(24)19-8-6-18(7-9-19)14-23-12-10-17(5)11-13-23/h6-9,15-17,20H,10-14H2,1-5H3,(H,22,24). The zero-order chi connectivity index (χ0) is 17.7. The van der Waals surface area contributed by atoms with Crippen LogP contribution in [-0.2, 0) is 6.54 Å². The molecule has 0 radical (unpaired) electrons. The molecule has 0 aliphatic carbocycles. The van der Waals surface area contributed by atoms with Crippen molar-refractivity contribution in [2.75, 3.05) is 13.1 Å². The van der Waals surface area contributed by atoms with E-state index in [4.69, 9.17) is 0 Å². The highest BCUT2D eigenvalue weighted by Crippen LogP contribution is 2.18. The minimum atomic E-state index is 0.0424. The molecule has 0 atom stereocenters. The van der Waals surface area contributed by atoms with Gasteiger partial charge < -0.3 is 5.32 Å². The van der Waals surface area contributed by atoms with E-state index in [0.29, 0.717) is 11.8 Å². The lowest BCUT2D eigenvalue weighted by Crippen LogP contribution is -2.42. The SMILES string of the molecule is CC1CCN(Cc2ccc(C(=O)NC(C(C)C)C(C)C)cc2)CC1. The van der Waals surface area contributed by atoms with Crippen LogP contribution in [0.2, 0.25) is 0 Å². The fourth-order valence-corrected chi connectivity index (χ4v) is 3.58. The molecule has 1 aromatic carbocycles. The van der Waals surface area contributed by atoms with Gasteiger partial charge in [-0.3, -0.25) is 9.69 Å². The Balaban J connectivity index is 1.92. The third-order valence-electron chi connectivity index (χ3n) is 5.23. The Hall–Kier alpha value is -1.35. The predicted octanol–water partition coefficient (Wildman–Crippen LogP) is 4.33. The van der Waals surface area contributed by atoms with Crippen molar-refractivity contribution in [1.82, 2.24) is 10.2 Å². The van der Waals surface area contributed by atoms with Crippen LogP contribution in [0.1, 0.15) is 63.4 Å². The van der Waals surface area contributed by atoms with Crippen molar-refractivity contribution >= 4 is 5.91 Å². The van der Waals surface area contributed by atoms with E-state index in [-0.39, 0.29) is 11.9 Å². The summed E-state index contributed by atoms with van der Waals surface area (Å²) in [6.45, 7) is 14.4. The van der Waals surface area contributed by atoms with Crippen LogP contribution in [0.5, 0.6) is 0 Å². The number of amides is 1. The molecule has 1 aromatic rings. The summed E-state index contributed by atoms with van der Waals surface area (Å²) in [5, 5.41) is 3.19. The lowest BCUT2D eigenvalue weighted by molar-refractivity contribution is 0.0910. The molecule has 24 heavy (non-hydrogen) atoms. The summed E-state index contributed by atoms with van der Waals surface area (Å²) >= 11 is 0. The molecule has 3 nitrogen and oxygen atoms in total. The van der Waals surface area contributed by atoms with Crippen molar-refractivity contribution in [2.45, 2.75) is 60.0 Å². The summed E-state index contributed by atoms with van der Waals surface area (Å²) in [6.07, 6.45) is 2.60.